The van der Waals surface area contributed by atoms with Crippen LogP contribution in [-0.4, -0.2) is 72.5 Å². The second-order valence-electron chi connectivity index (χ2n) is 10.9. The average Bonchev–Trinajstić information content (AvgIpc) is 3.65. The van der Waals surface area contributed by atoms with Crippen molar-refractivity contribution in [2.45, 2.75) is 81.3 Å². The molecule has 0 aromatic heterocycles. The van der Waals surface area contributed by atoms with Crippen molar-refractivity contribution in [1.29, 1.82) is 0 Å². The molecule has 0 N–H and O–H groups in total. The Balaban J connectivity index is 0.00000217. The summed E-state index contributed by atoms with van der Waals surface area (Å²) in [7, 11) is 0. The molecule has 5 fully saturated rings. The van der Waals surface area contributed by atoms with Crippen LogP contribution in [0.5, 0.6) is 0 Å². The van der Waals surface area contributed by atoms with Gasteiger partial charge in [0.05, 0.1) is 12.1 Å². The van der Waals surface area contributed by atoms with Gasteiger partial charge < -0.3 is 38.3 Å². The van der Waals surface area contributed by atoms with Crippen LogP contribution in [0, 0.1) is 17.3 Å². The van der Waals surface area contributed by atoms with Crippen LogP contribution in [0.25, 0.3) is 0 Å². The summed E-state index contributed by atoms with van der Waals surface area (Å²) in [5.41, 5.74) is -0.936. The van der Waals surface area contributed by atoms with Crippen LogP contribution in [0.4, 0.5) is 4.79 Å². The third kappa shape index (κ3) is 2.36. The zero-order valence-corrected chi connectivity index (χ0v) is 21.6. The number of epoxide rings is 3. The van der Waals surface area contributed by atoms with Crippen LogP contribution in [0.15, 0.2) is 11.1 Å². The van der Waals surface area contributed by atoms with E-state index in [0.29, 0.717) is 19.4 Å². The van der Waals surface area contributed by atoms with Crippen molar-refractivity contribution in [3.05, 3.63) is 11.1 Å². The molecule has 0 unspecified atom stereocenters. The van der Waals surface area contributed by atoms with E-state index in [1.165, 1.54) is 0 Å². The van der Waals surface area contributed by atoms with Gasteiger partial charge in [0.25, 0.3) is 0 Å². The number of fused-ring (bicyclic) bond motifs is 4. The smallest absolute Gasteiger partial charge is 0.546 e. The van der Waals surface area contributed by atoms with Crippen LogP contribution in [0.2, 0.25) is 0 Å². The SMILES string of the molecule is CC(C)[C@]12O[C@H]1[C@@H]1O[C@]13[C@]1(O[C@H]1C[C@H]1C4=C(CC[C@@]13C)C(=O)OC4)[C@@H]2OC(=O)OCC(=O)[O-].[Na+]. The molecule has 3 aliphatic carbocycles. The normalized spacial score (nSPS) is 50.2. The number of aliphatic carboxylic acids is 1. The van der Waals surface area contributed by atoms with Gasteiger partial charge in [-0.15, -0.1) is 0 Å². The summed E-state index contributed by atoms with van der Waals surface area (Å²) in [6.07, 6.45) is -0.603. The summed E-state index contributed by atoms with van der Waals surface area (Å²) in [4.78, 5) is 35.5. The van der Waals surface area contributed by atoms with Gasteiger partial charge in [0, 0.05) is 11.0 Å². The number of esters is 1. The van der Waals surface area contributed by atoms with Crippen molar-refractivity contribution in [2.75, 3.05) is 13.2 Å². The van der Waals surface area contributed by atoms with Gasteiger partial charge >= 0.3 is 41.7 Å². The second kappa shape index (κ2) is 6.77. The zero-order chi connectivity index (χ0) is 23.1. The third-order valence-electron chi connectivity index (χ3n) is 9.59. The van der Waals surface area contributed by atoms with Crippen LogP contribution in [-0.2, 0) is 38.0 Å². The maximum Gasteiger partial charge on any atom is 1.00 e. The van der Waals surface area contributed by atoms with Gasteiger partial charge in [-0.1, -0.05) is 20.8 Å². The third-order valence-corrected chi connectivity index (χ3v) is 9.59. The number of rotatable bonds is 4. The molecule has 0 bridgehead atoms. The summed E-state index contributed by atoms with van der Waals surface area (Å²) >= 11 is 0. The van der Waals surface area contributed by atoms with Crippen molar-refractivity contribution in [2.24, 2.45) is 17.3 Å². The number of carbonyl (C=O) groups is 3. The molecular weight excluding hydrogens is 459 g/mol. The summed E-state index contributed by atoms with van der Waals surface area (Å²) in [6.45, 7) is 5.59. The molecule has 0 aromatic carbocycles. The molecule has 34 heavy (non-hydrogen) atoms. The van der Waals surface area contributed by atoms with Crippen molar-refractivity contribution in [1.82, 2.24) is 0 Å². The molecule has 0 aromatic rings. The van der Waals surface area contributed by atoms with E-state index < -0.39 is 41.6 Å². The molecule has 178 valence electrons. The number of carboxylic acid groups (broad SMARTS) is 1. The molecule has 0 radical (unpaired) electrons. The minimum atomic E-state index is -1.51. The molecule has 4 heterocycles. The number of carboxylic acids is 1. The van der Waals surface area contributed by atoms with E-state index in [0.717, 1.165) is 17.6 Å². The fourth-order valence-electron chi connectivity index (χ4n) is 8.09. The van der Waals surface area contributed by atoms with Crippen molar-refractivity contribution in [3.8, 4) is 0 Å². The maximum absolute atomic E-state index is 12.5. The second-order valence-corrected chi connectivity index (χ2v) is 10.9. The summed E-state index contributed by atoms with van der Waals surface area (Å²) in [6, 6.07) is 0. The Bertz CT molecular complexity index is 1060. The van der Waals surface area contributed by atoms with Gasteiger partial charge in [-0.2, -0.15) is 0 Å². The topological polar surface area (TPSA) is 140 Å². The first-order valence-corrected chi connectivity index (χ1v) is 11.6. The Morgan fingerprint density at radius 3 is 2.68 bits per heavy atom. The monoisotopic (exact) mass is 484 g/mol. The van der Waals surface area contributed by atoms with Crippen molar-refractivity contribution in [3.63, 3.8) is 0 Å². The maximum atomic E-state index is 12.5. The van der Waals surface area contributed by atoms with Gasteiger partial charge in [-0.25, -0.2) is 9.59 Å². The van der Waals surface area contributed by atoms with Crippen LogP contribution >= 0.6 is 0 Å². The Kier molecular flexibility index (Phi) is 4.63. The summed E-state index contributed by atoms with van der Waals surface area (Å²) in [5, 5.41) is 10.8. The molecule has 7 aliphatic rings. The Hall–Kier alpha value is -1.17. The van der Waals surface area contributed by atoms with Gasteiger partial charge in [0.2, 0.25) is 0 Å². The molecule has 4 aliphatic heterocycles. The summed E-state index contributed by atoms with van der Waals surface area (Å²) < 4.78 is 35.2. The van der Waals surface area contributed by atoms with E-state index in [4.69, 9.17) is 28.4 Å². The Labute approximate surface area is 217 Å². The molecule has 9 atom stereocenters. The molecule has 0 amide bonds. The standard InChI is InChI=1S/C23H26O10.Na/c1-9(2)21-15(32-21)16-23(33-16)20(3)5-4-10-11(7-28-17(10)26)12(20)6-13-22(23,31-13)18(21)30-19(27)29-8-14(24)25;/h9,12-13,15-16,18H,4-8H2,1-3H3,(H,24,25);/q;+1/p-1/t12-,13-,15-,16-,18+,20-,21-,22+,23+;/m0./s1. The van der Waals surface area contributed by atoms with E-state index in [1.807, 2.05) is 13.8 Å². The molecular formula is C23H25NaO10. The van der Waals surface area contributed by atoms with Gasteiger partial charge in [0.15, 0.2) is 11.7 Å². The summed E-state index contributed by atoms with van der Waals surface area (Å²) in [5.74, 6) is -1.68. The van der Waals surface area contributed by atoms with Crippen LogP contribution in [0.3, 0.4) is 0 Å². The first kappa shape index (κ1) is 23.2. The molecule has 11 heteroatoms. The van der Waals surface area contributed by atoms with E-state index in [-0.39, 0.29) is 71.1 Å². The van der Waals surface area contributed by atoms with E-state index in [1.54, 1.807) is 0 Å². The van der Waals surface area contributed by atoms with Crippen LogP contribution in [0.1, 0.15) is 40.0 Å². The number of carbonyl (C=O) groups excluding carboxylic acids is 3. The minimum absolute atomic E-state index is 0. The molecule has 2 spiro atoms. The fourth-order valence-corrected chi connectivity index (χ4v) is 8.09. The Morgan fingerprint density at radius 1 is 1.21 bits per heavy atom. The molecule has 3 saturated heterocycles. The molecule has 10 nitrogen and oxygen atoms in total. The first-order chi connectivity index (χ1) is 15.6. The number of hydrogen-bond acceptors (Lipinski definition) is 10. The number of cyclic esters (lactones) is 1. The first-order valence-electron chi connectivity index (χ1n) is 11.6. The Morgan fingerprint density at radius 2 is 1.97 bits per heavy atom. The average molecular weight is 484 g/mol. The van der Waals surface area contributed by atoms with Crippen molar-refractivity contribution >= 4 is 18.1 Å². The van der Waals surface area contributed by atoms with Crippen molar-refractivity contribution < 1.29 is 77.5 Å². The van der Waals surface area contributed by atoms with E-state index in [2.05, 4.69) is 6.92 Å². The quantitative estimate of drug-likeness (QED) is 0.231. The largest absolute Gasteiger partial charge is 1.00 e. The van der Waals surface area contributed by atoms with E-state index >= 15 is 0 Å². The van der Waals surface area contributed by atoms with Gasteiger partial charge in [-0.05, 0) is 36.7 Å². The fraction of sp³-hybridized carbons (Fsp3) is 0.783. The molecule has 7 rings (SSSR count). The van der Waals surface area contributed by atoms with Gasteiger partial charge in [0.1, 0.15) is 36.6 Å². The van der Waals surface area contributed by atoms with E-state index in [9.17, 15) is 19.5 Å². The zero-order valence-electron chi connectivity index (χ0n) is 19.6. The number of hydrogen-bond donors (Lipinski definition) is 0. The molecule has 2 saturated carbocycles. The number of ether oxygens (including phenoxy) is 6. The predicted octanol–water partition coefficient (Wildman–Crippen LogP) is -2.98. The minimum Gasteiger partial charge on any atom is -0.546 e. The predicted molar refractivity (Wildman–Crippen MR) is 102 cm³/mol. The van der Waals surface area contributed by atoms with Gasteiger partial charge in [-0.3, -0.25) is 0 Å². The van der Waals surface area contributed by atoms with Crippen LogP contribution < -0.4 is 34.7 Å².